The Morgan fingerprint density at radius 1 is 0.742 bits per heavy atom. The summed E-state index contributed by atoms with van der Waals surface area (Å²) in [6, 6.07) is 9.34. The molecule has 0 radical (unpaired) electrons. The second-order valence-electron chi connectivity index (χ2n) is 9.22. The molecule has 2 unspecified atom stereocenters. The molecule has 0 amide bonds. The van der Waals surface area contributed by atoms with Crippen molar-refractivity contribution in [3.63, 3.8) is 0 Å². The molecule has 1 aliphatic heterocycles. The standard InChI is InChI=1S/C23H39N5.2ClH.Mn/c1-16-18-12-7-13-19(28-18)17(2)27-23-11-6-4-9-21(23)25-15-14-24-20-8-3-5-10-22(20)26-16;;;/h7,12-13,16-17,20-27H,3-6,8-11,14-15H2,1-2H3;2*1H;/q;;;+2/p-2/t16-,17-,20?,21?,22-,23-;;;/m1.../s1. The molecule has 6 atom stereocenters. The quantitative estimate of drug-likeness (QED) is 0.385. The van der Waals surface area contributed by atoms with Crippen LogP contribution in [0.15, 0.2) is 18.2 Å². The molecule has 1 aromatic heterocycles. The van der Waals surface area contributed by atoms with Crippen LogP contribution in [0.2, 0.25) is 0 Å². The van der Waals surface area contributed by atoms with Gasteiger partial charge < -0.3 is 21.3 Å². The molecular formula is C23H39Cl2MnN5. The number of nitrogens with zero attached hydrogens (tertiary/aromatic N) is 1. The van der Waals surface area contributed by atoms with Gasteiger partial charge in [-0.25, -0.2) is 0 Å². The van der Waals surface area contributed by atoms with Gasteiger partial charge in [0, 0.05) is 49.3 Å². The Morgan fingerprint density at radius 2 is 1.13 bits per heavy atom. The Balaban J connectivity index is 0.000000858. The monoisotopic (exact) mass is 510 g/mol. The molecule has 4 rings (SSSR count). The molecule has 5 nitrogen and oxygen atoms in total. The predicted molar refractivity (Wildman–Crippen MR) is 127 cm³/mol. The molecule has 2 saturated carbocycles. The first kappa shape index (κ1) is 25.7. The van der Waals surface area contributed by atoms with Crippen molar-refractivity contribution < 1.29 is 13.1 Å². The number of halogens is 2. The summed E-state index contributed by atoms with van der Waals surface area (Å²) in [6.07, 6.45) is 10.4. The first-order valence-electron chi connectivity index (χ1n) is 11.9. The summed E-state index contributed by atoms with van der Waals surface area (Å²) in [7, 11) is 9.59. The van der Waals surface area contributed by atoms with Gasteiger partial charge in [0.05, 0.1) is 11.4 Å². The summed E-state index contributed by atoms with van der Waals surface area (Å²) in [5.74, 6) is 0. The molecule has 31 heavy (non-hydrogen) atoms. The van der Waals surface area contributed by atoms with E-state index in [-0.39, 0.29) is 25.2 Å². The van der Waals surface area contributed by atoms with Gasteiger partial charge in [-0.15, -0.1) is 0 Å². The molecule has 2 bridgehead atoms. The summed E-state index contributed by atoms with van der Waals surface area (Å²) in [5.41, 5.74) is 2.34. The van der Waals surface area contributed by atoms with Crippen LogP contribution in [0.1, 0.15) is 88.7 Å². The van der Waals surface area contributed by atoms with Gasteiger partial charge in [-0.1, -0.05) is 31.7 Å². The van der Waals surface area contributed by atoms with Crippen molar-refractivity contribution in [2.24, 2.45) is 0 Å². The van der Waals surface area contributed by atoms with Crippen LogP contribution in [0, 0.1) is 0 Å². The predicted octanol–water partition coefficient (Wildman–Crippen LogP) is 4.57. The third-order valence-corrected chi connectivity index (χ3v) is 7.08. The van der Waals surface area contributed by atoms with E-state index in [2.05, 4.69) is 53.3 Å². The van der Waals surface area contributed by atoms with Crippen molar-refractivity contribution in [2.45, 2.75) is 101 Å². The Bertz CT molecular complexity index is 603. The topological polar surface area (TPSA) is 61.0 Å². The van der Waals surface area contributed by atoms with Crippen molar-refractivity contribution in [3.8, 4) is 0 Å². The van der Waals surface area contributed by atoms with Crippen molar-refractivity contribution in [3.05, 3.63) is 29.6 Å². The van der Waals surface area contributed by atoms with E-state index in [0.29, 0.717) is 24.2 Å². The second-order valence-corrected chi connectivity index (χ2v) is 11.2. The Hall–Kier alpha value is 0.0895. The summed E-state index contributed by atoms with van der Waals surface area (Å²) < 4.78 is 0. The van der Waals surface area contributed by atoms with E-state index < -0.39 is 0 Å². The molecular weight excluding hydrogens is 472 g/mol. The van der Waals surface area contributed by atoms with Crippen molar-refractivity contribution in [1.29, 1.82) is 0 Å². The Morgan fingerprint density at radius 3 is 1.55 bits per heavy atom. The molecule has 4 N–H and O–H groups in total. The summed E-state index contributed by atoms with van der Waals surface area (Å²) in [4.78, 5) is 5.06. The Kier molecular flexibility index (Phi) is 11.4. The zero-order valence-electron chi connectivity index (χ0n) is 18.8. The van der Waals surface area contributed by atoms with E-state index in [0.717, 1.165) is 13.1 Å². The van der Waals surface area contributed by atoms with Crippen LogP contribution in [0.5, 0.6) is 0 Å². The van der Waals surface area contributed by atoms with Gasteiger partial charge >= 0.3 is 33.3 Å². The third kappa shape index (κ3) is 7.82. The second kappa shape index (κ2) is 13.7. The number of fused-ring (bicyclic) bond motifs is 4. The number of aromatic nitrogens is 1. The summed E-state index contributed by atoms with van der Waals surface area (Å²) in [5, 5.41) is 15.5. The summed E-state index contributed by atoms with van der Waals surface area (Å²) in [6.45, 7) is 6.66. The minimum absolute atomic E-state index is 0.00694. The first-order valence-corrected chi connectivity index (χ1v) is 15.2. The van der Waals surface area contributed by atoms with Crippen LogP contribution >= 0.6 is 20.2 Å². The first-order chi connectivity index (χ1) is 15.1. The van der Waals surface area contributed by atoms with Gasteiger partial charge in [-0.3, -0.25) is 4.98 Å². The normalized spacial score (nSPS) is 34.7. The van der Waals surface area contributed by atoms with E-state index in [9.17, 15) is 0 Å². The summed E-state index contributed by atoms with van der Waals surface area (Å²) >= 11 is 0.00694. The number of rotatable bonds is 0. The van der Waals surface area contributed by atoms with Crippen LogP contribution in [0.3, 0.4) is 0 Å². The molecule has 177 valence electrons. The Labute approximate surface area is 203 Å². The van der Waals surface area contributed by atoms with Gasteiger partial charge in [0.2, 0.25) is 0 Å². The third-order valence-electron chi connectivity index (χ3n) is 7.08. The van der Waals surface area contributed by atoms with Crippen LogP contribution in [-0.4, -0.2) is 42.2 Å². The van der Waals surface area contributed by atoms with Gasteiger partial charge in [-0.2, -0.15) is 0 Å². The van der Waals surface area contributed by atoms with Crippen LogP contribution < -0.4 is 21.3 Å². The van der Waals surface area contributed by atoms with E-state index in [1.807, 2.05) is 0 Å². The number of nitrogens with one attached hydrogen (secondary N) is 4. The average Bonchev–Trinajstić information content (AvgIpc) is 2.79. The van der Waals surface area contributed by atoms with Crippen LogP contribution in [-0.2, 0) is 13.1 Å². The average molecular weight is 511 g/mol. The number of hydrogen-bond donors (Lipinski definition) is 4. The zero-order chi connectivity index (χ0) is 22.1. The van der Waals surface area contributed by atoms with E-state index in [4.69, 9.17) is 25.2 Å². The van der Waals surface area contributed by atoms with E-state index >= 15 is 0 Å². The SMILES string of the molecule is C[C@H]1N[C@@H]2CCCCC2NCCNC2CCCC[C@H]2N[C@H](C)c2cccc1n2.[Cl][Mn][Cl]. The maximum absolute atomic E-state index is 5.06. The number of hydrogen-bond acceptors (Lipinski definition) is 5. The van der Waals surface area contributed by atoms with E-state index in [1.165, 1.54) is 62.8 Å². The molecule has 3 aliphatic rings. The molecule has 2 aliphatic carbocycles. The van der Waals surface area contributed by atoms with Crippen molar-refractivity contribution >= 4 is 20.2 Å². The van der Waals surface area contributed by atoms with Crippen LogP contribution in [0.25, 0.3) is 0 Å². The molecule has 2 fully saturated rings. The van der Waals surface area contributed by atoms with Crippen LogP contribution in [0.4, 0.5) is 0 Å². The molecule has 0 spiro atoms. The van der Waals surface area contributed by atoms with Gasteiger partial charge in [0.1, 0.15) is 0 Å². The molecule has 0 aromatic carbocycles. The van der Waals surface area contributed by atoms with Crippen molar-refractivity contribution in [2.75, 3.05) is 13.1 Å². The fourth-order valence-electron chi connectivity index (χ4n) is 5.43. The fourth-order valence-corrected chi connectivity index (χ4v) is 5.43. The van der Waals surface area contributed by atoms with Gasteiger partial charge in [-0.05, 0) is 51.7 Å². The molecule has 0 saturated heterocycles. The molecule has 1 aromatic rings. The van der Waals surface area contributed by atoms with Gasteiger partial charge in [0.25, 0.3) is 0 Å². The van der Waals surface area contributed by atoms with E-state index in [1.54, 1.807) is 0 Å². The fraction of sp³-hybridized carbons (Fsp3) is 0.783. The zero-order valence-corrected chi connectivity index (χ0v) is 21.5. The molecule has 8 heteroatoms. The van der Waals surface area contributed by atoms with Crippen molar-refractivity contribution in [1.82, 2.24) is 26.3 Å². The maximum atomic E-state index is 5.06. The number of pyridine rings is 1. The van der Waals surface area contributed by atoms with Gasteiger partial charge in [0.15, 0.2) is 0 Å². The minimum atomic E-state index is 0.00694. The molecule has 2 heterocycles.